The van der Waals surface area contributed by atoms with Gasteiger partial charge in [-0.05, 0) is 46.1 Å². The summed E-state index contributed by atoms with van der Waals surface area (Å²) in [7, 11) is 0. The van der Waals surface area contributed by atoms with E-state index in [2.05, 4.69) is 70.8 Å². The smallest absolute Gasteiger partial charge is 0.123 e. The number of halogens is 2. The van der Waals surface area contributed by atoms with E-state index < -0.39 is 0 Å². The van der Waals surface area contributed by atoms with Crippen LogP contribution >= 0.6 is 24.8 Å². The lowest BCUT2D eigenvalue weighted by Crippen LogP contribution is -2.45. The highest BCUT2D eigenvalue weighted by atomic mass is 35.5. The molecule has 1 heterocycles. The second-order valence-electron chi connectivity index (χ2n) is 9.17. The Kier molecular flexibility index (Phi) is 9.46. The fraction of sp³-hybridized carbons (Fsp3) is 0.714. The molecule has 3 nitrogen and oxygen atoms in total. The van der Waals surface area contributed by atoms with E-state index in [9.17, 15) is 5.11 Å². The average Bonchev–Trinajstić information content (AvgIpc) is 2.48. The molecule has 5 heteroatoms. The van der Waals surface area contributed by atoms with Crippen molar-refractivity contribution in [2.75, 3.05) is 26.2 Å². The molecular weight excluding hydrogens is 367 g/mol. The van der Waals surface area contributed by atoms with Gasteiger partial charge in [0.25, 0.3) is 0 Å². The summed E-state index contributed by atoms with van der Waals surface area (Å²) < 4.78 is 0. The molecule has 0 aliphatic carbocycles. The fourth-order valence-corrected chi connectivity index (χ4v) is 3.69. The highest BCUT2D eigenvalue weighted by Crippen LogP contribution is 2.42. The first kappa shape index (κ1) is 25.5. The van der Waals surface area contributed by atoms with Gasteiger partial charge in [0, 0.05) is 32.2 Å². The molecule has 1 aromatic carbocycles. The maximum Gasteiger partial charge on any atom is 0.123 e. The topological polar surface area (TPSA) is 35.5 Å². The van der Waals surface area contributed by atoms with Gasteiger partial charge in [-0.1, -0.05) is 48.5 Å². The standard InChI is InChI=1S/C21H36N2O.2ClH/c1-8-18(23-11-9-22-10-12-23)15-13-16(20(2,3)4)19(24)17(14-15)21(5,6)7;;/h13-14,18,22,24H,8-12H2,1-7H3;2*1H/t18-;;/m1../s1. The van der Waals surface area contributed by atoms with E-state index >= 15 is 0 Å². The summed E-state index contributed by atoms with van der Waals surface area (Å²) in [5.41, 5.74) is 3.35. The van der Waals surface area contributed by atoms with Crippen LogP contribution in [-0.2, 0) is 10.8 Å². The molecule has 1 aliphatic rings. The van der Waals surface area contributed by atoms with Crippen molar-refractivity contribution in [3.05, 3.63) is 28.8 Å². The molecule has 0 amide bonds. The zero-order chi connectivity index (χ0) is 18.1. The zero-order valence-electron chi connectivity index (χ0n) is 17.5. The molecule has 0 spiro atoms. The zero-order valence-corrected chi connectivity index (χ0v) is 19.1. The van der Waals surface area contributed by atoms with Crippen molar-refractivity contribution in [3.63, 3.8) is 0 Å². The molecule has 0 saturated carbocycles. The van der Waals surface area contributed by atoms with Crippen molar-refractivity contribution in [1.82, 2.24) is 10.2 Å². The van der Waals surface area contributed by atoms with Crippen LogP contribution in [0.25, 0.3) is 0 Å². The minimum absolute atomic E-state index is 0. The third-order valence-corrected chi connectivity index (χ3v) is 5.11. The Morgan fingerprint density at radius 2 is 1.38 bits per heavy atom. The number of hydrogen-bond donors (Lipinski definition) is 2. The summed E-state index contributed by atoms with van der Waals surface area (Å²) in [6.45, 7) is 19.7. The van der Waals surface area contributed by atoms with Gasteiger partial charge in [-0.25, -0.2) is 0 Å². The summed E-state index contributed by atoms with van der Waals surface area (Å²) in [6, 6.07) is 4.93. The number of nitrogens with one attached hydrogen (secondary N) is 1. The first-order valence-corrected chi connectivity index (χ1v) is 9.38. The SMILES string of the molecule is CC[C@H](c1cc(C(C)(C)C)c(O)c(C(C)(C)C)c1)N1CCNCC1.Cl.Cl. The lowest BCUT2D eigenvalue weighted by atomic mass is 9.77. The maximum absolute atomic E-state index is 10.9. The molecule has 1 atom stereocenters. The van der Waals surface area contributed by atoms with Gasteiger partial charge < -0.3 is 10.4 Å². The van der Waals surface area contributed by atoms with E-state index in [1.54, 1.807) is 0 Å². The molecule has 152 valence electrons. The van der Waals surface area contributed by atoms with Crippen LogP contribution in [0.3, 0.4) is 0 Å². The molecule has 1 aromatic rings. The van der Waals surface area contributed by atoms with Crippen LogP contribution in [0.5, 0.6) is 5.75 Å². The Bertz CT molecular complexity index is 535. The summed E-state index contributed by atoms with van der Waals surface area (Å²) in [4.78, 5) is 2.59. The maximum atomic E-state index is 10.9. The van der Waals surface area contributed by atoms with Crippen molar-refractivity contribution in [2.45, 2.75) is 71.8 Å². The van der Waals surface area contributed by atoms with Gasteiger partial charge in [0.05, 0.1) is 0 Å². The van der Waals surface area contributed by atoms with Crippen molar-refractivity contribution < 1.29 is 5.11 Å². The lowest BCUT2D eigenvalue weighted by molar-refractivity contribution is 0.169. The first-order chi connectivity index (χ1) is 11.1. The Morgan fingerprint density at radius 3 is 1.73 bits per heavy atom. The summed E-state index contributed by atoms with van der Waals surface area (Å²) in [5, 5.41) is 14.4. The first-order valence-electron chi connectivity index (χ1n) is 9.38. The number of aromatic hydroxyl groups is 1. The van der Waals surface area contributed by atoms with Crippen LogP contribution in [0, 0.1) is 0 Å². The minimum atomic E-state index is -0.0676. The van der Waals surface area contributed by atoms with Gasteiger partial charge in [0.1, 0.15) is 5.75 Å². The van der Waals surface area contributed by atoms with Crippen LogP contribution in [0.1, 0.15) is 77.6 Å². The second-order valence-corrected chi connectivity index (χ2v) is 9.17. The number of rotatable bonds is 3. The van der Waals surface area contributed by atoms with Crippen LogP contribution in [0.15, 0.2) is 12.1 Å². The van der Waals surface area contributed by atoms with Crippen LogP contribution in [0.2, 0.25) is 0 Å². The van der Waals surface area contributed by atoms with Crippen LogP contribution < -0.4 is 5.32 Å². The van der Waals surface area contributed by atoms with Gasteiger partial charge in [-0.15, -0.1) is 24.8 Å². The summed E-state index contributed by atoms with van der Waals surface area (Å²) in [5.74, 6) is 0.480. The molecule has 0 unspecified atom stereocenters. The Hall–Kier alpha value is -0.480. The van der Waals surface area contributed by atoms with E-state index in [1.165, 1.54) is 5.56 Å². The van der Waals surface area contributed by atoms with Crippen molar-refractivity contribution in [3.8, 4) is 5.75 Å². The van der Waals surface area contributed by atoms with Crippen LogP contribution in [0.4, 0.5) is 0 Å². The molecule has 26 heavy (non-hydrogen) atoms. The van der Waals surface area contributed by atoms with E-state index in [4.69, 9.17) is 0 Å². The Balaban J connectivity index is 0.00000312. The highest BCUT2D eigenvalue weighted by molar-refractivity contribution is 5.85. The quantitative estimate of drug-likeness (QED) is 0.727. The predicted octanol–water partition coefficient (Wildman–Crippen LogP) is 5.19. The van der Waals surface area contributed by atoms with Gasteiger partial charge in [0.15, 0.2) is 0 Å². The number of hydrogen-bond acceptors (Lipinski definition) is 3. The largest absolute Gasteiger partial charge is 0.507 e. The van der Waals surface area contributed by atoms with Crippen molar-refractivity contribution >= 4 is 24.8 Å². The van der Waals surface area contributed by atoms with E-state index in [0.29, 0.717) is 11.8 Å². The number of benzene rings is 1. The number of phenols is 1. The molecule has 1 fully saturated rings. The fourth-order valence-electron chi connectivity index (χ4n) is 3.69. The van der Waals surface area contributed by atoms with E-state index in [1.807, 2.05) is 0 Å². The minimum Gasteiger partial charge on any atom is -0.507 e. The summed E-state index contributed by atoms with van der Waals surface area (Å²) in [6.07, 6.45) is 1.10. The molecular formula is C21H38Cl2N2O. The van der Waals surface area contributed by atoms with Crippen molar-refractivity contribution in [2.24, 2.45) is 0 Å². The lowest BCUT2D eigenvalue weighted by Gasteiger charge is -2.36. The van der Waals surface area contributed by atoms with Gasteiger partial charge in [0.2, 0.25) is 0 Å². The van der Waals surface area contributed by atoms with Crippen molar-refractivity contribution in [1.29, 1.82) is 0 Å². The molecule has 0 bridgehead atoms. The molecule has 2 N–H and O–H groups in total. The monoisotopic (exact) mass is 404 g/mol. The van der Waals surface area contributed by atoms with E-state index in [0.717, 1.165) is 43.7 Å². The molecule has 1 saturated heterocycles. The van der Waals surface area contributed by atoms with Crippen LogP contribution in [-0.4, -0.2) is 36.2 Å². The van der Waals surface area contributed by atoms with Gasteiger partial charge >= 0.3 is 0 Å². The number of phenolic OH excluding ortho intramolecular Hbond substituents is 1. The third kappa shape index (κ3) is 5.76. The van der Waals surface area contributed by atoms with Gasteiger partial charge in [-0.2, -0.15) is 0 Å². The molecule has 0 radical (unpaired) electrons. The molecule has 1 aliphatic heterocycles. The second kappa shape index (κ2) is 9.64. The van der Waals surface area contributed by atoms with Gasteiger partial charge in [-0.3, -0.25) is 4.90 Å². The average molecular weight is 405 g/mol. The Labute approximate surface area is 172 Å². The molecule has 2 rings (SSSR count). The highest BCUT2D eigenvalue weighted by Gasteiger charge is 2.29. The molecule has 0 aromatic heterocycles. The number of nitrogens with zero attached hydrogens (tertiary/aromatic N) is 1. The van der Waals surface area contributed by atoms with E-state index in [-0.39, 0.29) is 35.6 Å². The normalized spacial score (nSPS) is 17.2. The Morgan fingerprint density at radius 1 is 0.962 bits per heavy atom. The number of piperazine rings is 1. The summed E-state index contributed by atoms with van der Waals surface area (Å²) >= 11 is 0. The third-order valence-electron chi connectivity index (χ3n) is 5.11. The predicted molar refractivity (Wildman–Crippen MR) is 117 cm³/mol.